The van der Waals surface area contributed by atoms with E-state index in [0.29, 0.717) is 12.2 Å². The average Bonchev–Trinajstić information content (AvgIpc) is 1.98. The number of esters is 1. The highest BCUT2D eigenvalue weighted by Gasteiger charge is 2.12. The fourth-order valence-electron chi connectivity index (χ4n) is 0.662. The van der Waals surface area contributed by atoms with Gasteiger partial charge in [-0.2, -0.15) is 0 Å². The van der Waals surface area contributed by atoms with Crippen LogP contribution in [0.3, 0.4) is 0 Å². The molecule has 0 rings (SSSR count). The van der Waals surface area contributed by atoms with Crippen molar-refractivity contribution in [1.82, 2.24) is 0 Å². The smallest absolute Gasteiger partial charge is 0.308 e. The van der Waals surface area contributed by atoms with Crippen LogP contribution in [0.5, 0.6) is 0 Å². The second-order valence-electron chi connectivity index (χ2n) is 2.49. The van der Waals surface area contributed by atoms with Crippen LogP contribution in [0, 0.1) is 5.92 Å². The Morgan fingerprint density at radius 1 is 1.64 bits per heavy atom. The molecule has 0 aromatic heterocycles. The van der Waals surface area contributed by atoms with Crippen molar-refractivity contribution >= 4 is 16.8 Å². The molecule has 0 heterocycles. The fraction of sp³-hybridized carbons (Fsp3) is 0.857. The van der Waals surface area contributed by atoms with Crippen molar-refractivity contribution in [3.8, 4) is 0 Å². The minimum Gasteiger partial charge on any atom is -0.469 e. The van der Waals surface area contributed by atoms with Crippen molar-refractivity contribution in [1.29, 1.82) is 0 Å². The standard InChI is InChI=1S/C7H14O3S/c1-6(7(8)10-2)4-5-11(3)9/h6H,4-5H2,1-3H3/t6-,11?/m0/s1. The number of rotatable bonds is 4. The molecule has 0 bridgehead atoms. The highest BCUT2D eigenvalue weighted by Crippen LogP contribution is 2.03. The minimum absolute atomic E-state index is 0.135. The molecule has 0 aromatic carbocycles. The zero-order chi connectivity index (χ0) is 8.85. The number of methoxy groups -OCH3 is 1. The quantitative estimate of drug-likeness (QED) is 0.591. The summed E-state index contributed by atoms with van der Waals surface area (Å²) in [5, 5.41) is 0. The van der Waals surface area contributed by atoms with Crippen molar-refractivity contribution in [3.63, 3.8) is 0 Å². The fourth-order valence-corrected chi connectivity index (χ4v) is 1.35. The summed E-state index contributed by atoms with van der Waals surface area (Å²) >= 11 is 0. The van der Waals surface area contributed by atoms with Crippen LogP contribution in [0.1, 0.15) is 13.3 Å². The predicted molar refractivity (Wildman–Crippen MR) is 44.7 cm³/mol. The average molecular weight is 178 g/mol. The molecular formula is C7H14O3S. The molecule has 0 spiro atoms. The van der Waals surface area contributed by atoms with Gasteiger partial charge in [0.1, 0.15) is 0 Å². The van der Waals surface area contributed by atoms with Crippen LogP contribution in [-0.4, -0.2) is 29.3 Å². The molecule has 66 valence electrons. The van der Waals surface area contributed by atoms with E-state index in [1.807, 2.05) is 0 Å². The van der Waals surface area contributed by atoms with E-state index in [1.165, 1.54) is 7.11 Å². The number of carbonyl (C=O) groups is 1. The van der Waals surface area contributed by atoms with Crippen LogP contribution in [0.15, 0.2) is 0 Å². The van der Waals surface area contributed by atoms with Gasteiger partial charge in [-0.1, -0.05) is 6.92 Å². The summed E-state index contributed by atoms with van der Waals surface area (Å²) < 4.78 is 15.1. The van der Waals surface area contributed by atoms with Gasteiger partial charge in [0.25, 0.3) is 0 Å². The van der Waals surface area contributed by atoms with Gasteiger partial charge >= 0.3 is 5.97 Å². The van der Waals surface area contributed by atoms with Gasteiger partial charge < -0.3 is 4.74 Å². The van der Waals surface area contributed by atoms with Crippen LogP contribution in [0.4, 0.5) is 0 Å². The minimum atomic E-state index is -0.812. The summed E-state index contributed by atoms with van der Waals surface area (Å²) in [6, 6.07) is 0. The highest BCUT2D eigenvalue weighted by atomic mass is 32.2. The number of hydrogen-bond acceptors (Lipinski definition) is 3. The van der Waals surface area contributed by atoms with Gasteiger partial charge in [0.2, 0.25) is 0 Å². The van der Waals surface area contributed by atoms with Gasteiger partial charge in [-0.05, 0) is 6.42 Å². The van der Waals surface area contributed by atoms with Crippen molar-refractivity contribution in [3.05, 3.63) is 0 Å². The molecule has 0 N–H and O–H groups in total. The maximum absolute atomic E-state index is 10.8. The maximum Gasteiger partial charge on any atom is 0.308 e. The van der Waals surface area contributed by atoms with Crippen molar-refractivity contribution in [2.75, 3.05) is 19.1 Å². The van der Waals surface area contributed by atoms with Gasteiger partial charge in [0, 0.05) is 22.8 Å². The van der Waals surface area contributed by atoms with Gasteiger partial charge in [0.15, 0.2) is 0 Å². The first-order valence-electron chi connectivity index (χ1n) is 3.45. The SMILES string of the molecule is COC(=O)[C@@H](C)CCS(C)=O. The Balaban J connectivity index is 3.60. The lowest BCUT2D eigenvalue weighted by molar-refractivity contribution is -0.144. The molecule has 4 heteroatoms. The lowest BCUT2D eigenvalue weighted by Gasteiger charge is -2.06. The Morgan fingerprint density at radius 3 is 2.55 bits per heavy atom. The molecule has 1 unspecified atom stereocenters. The second-order valence-corrected chi connectivity index (χ2v) is 4.04. The van der Waals surface area contributed by atoms with E-state index in [9.17, 15) is 9.00 Å². The van der Waals surface area contributed by atoms with Crippen molar-refractivity contribution in [2.45, 2.75) is 13.3 Å². The number of hydrogen-bond donors (Lipinski definition) is 0. The largest absolute Gasteiger partial charge is 0.469 e. The second kappa shape index (κ2) is 5.29. The zero-order valence-electron chi connectivity index (χ0n) is 7.12. The molecule has 0 amide bonds. The summed E-state index contributed by atoms with van der Waals surface area (Å²) in [4.78, 5) is 10.8. The predicted octanol–water partition coefficient (Wildman–Crippen LogP) is 0.564. The van der Waals surface area contributed by atoms with E-state index in [-0.39, 0.29) is 11.9 Å². The zero-order valence-corrected chi connectivity index (χ0v) is 7.94. The van der Waals surface area contributed by atoms with Gasteiger partial charge in [-0.3, -0.25) is 9.00 Å². The molecule has 2 atom stereocenters. The summed E-state index contributed by atoms with van der Waals surface area (Å²) in [6.45, 7) is 1.78. The lowest BCUT2D eigenvalue weighted by atomic mass is 10.1. The van der Waals surface area contributed by atoms with Crippen LogP contribution in [-0.2, 0) is 20.3 Å². The Bertz CT molecular complexity index is 156. The Labute approximate surface area is 69.6 Å². The molecule has 0 aliphatic rings. The van der Waals surface area contributed by atoms with Crippen LogP contribution < -0.4 is 0 Å². The van der Waals surface area contributed by atoms with Gasteiger partial charge in [-0.25, -0.2) is 0 Å². The Morgan fingerprint density at radius 2 is 2.18 bits per heavy atom. The summed E-state index contributed by atoms with van der Waals surface area (Å²) in [7, 11) is 0.550. The molecule has 0 saturated heterocycles. The molecule has 0 aliphatic heterocycles. The third-order valence-corrected chi connectivity index (χ3v) is 2.25. The Kier molecular flexibility index (Phi) is 5.11. The molecule has 0 aliphatic carbocycles. The van der Waals surface area contributed by atoms with Crippen molar-refractivity contribution in [2.24, 2.45) is 5.92 Å². The van der Waals surface area contributed by atoms with Crippen molar-refractivity contribution < 1.29 is 13.7 Å². The Hall–Kier alpha value is -0.380. The van der Waals surface area contributed by atoms with Crippen LogP contribution in [0.25, 0.3) is 0 Å². The van der Waals surface area contributed by atoms with Crippen LogP contribution >= 0.6 is 0 Å². The van der Waals surface area contributed by atoms with E-state index in [2.05, 4.69) is 4.74 Å². The summed E-state index contributed by atoms with van der Waals surface area (Å²) in [6.07, 6.45) is 2.26. The first-order chi connectivity index (χ1) is 5.07. The monoisotopic (exact) mass is 178 g/mol. The summed E-state index contributed by atoms with van der Waals surface area (Å²) in [5.41, 5.74) is 0. The molecule has 0 fully saturated rings. The first-order valence-corrected chi connectivity index (χ1v) is 5.18. The molecule has 0 radical (unpaired) electrons. The number of ether oxygens (including phenoxy) is 1. The molecule has 3 nitrogen and oxygen atoms in total. The number of carbonyl (C=O) groups excluding carboxylic acids is 1. The van der Waals surface area contributed by atoms with E-state index in [1.54, 1.807) is 13.2 Å². The van der Waals surface area contributed by atoms with Gasteiger partial charge in [0.05, 0.1) is 13.0 Å². The maximum atomic E-state index is 10.8. The van der Waals surface area contributed by atoms with E-state index >= 15 is 0 Å². The highest BCUT2D eigenvalue weighted by molar-refractivity contribution is 7.84. The van der Waals surface area contributed by atoms with Gasteiger partial charge in [-0.15, -0.1) is 0 Å². The normalized spacial score (nSPS) is 15.5. The third-order valence-electron chi connectivity index (χ3n) is 1.44. The molecular weight excluding hydrogens is 164 g/mol. The third kappa shape index (κ3) is 4.95. The summed E-state index contributed by atoms with van der Waals surface area (Å²) in [5.74, 6) is 0.204. The van der Waals surface area contributed by atoms with Crippen LogP contribution in [0.2, 0.25) is 0 Å². The van der Waals surface area contributed by atoms with E-state index in [0.717, 1.165) is 0 Å². The molecule has 0 aromatic rings. The molecule has 0 saturated carbocycles. The topological polar surface area (TPSA) is 43.4 Å². The molecule has 11 heavy (non-hydrogen) atoms. The van der Waals surface area contributed by atoms with E-state index in [4.69, 9.17) is 0 Å². The first kappa shape index (κ1) is 10.6. The van der Waals surface area contributed by atoms with E-state index < -0.39 is 10.8 Å². The lowest BCUT2D eigenvalue weighted by Crippen LogP contribution is -2.14.